The van der Waals surface area contributed by atoms with Crippen molar-refractivity contribution in [1.82, 2.24) is 5.32 Å². The van der Waals surface area contributed by atoms with E-state index < -0.39 is 0 Å². The van der Waals surface area contributed by atoms with Gasteiger partial charge in [-0.15, -0.1) is 5.92 Å². The quantitative estimate of drug-likeness (QED) is 0.587. The van der Waals surface area contributed by atoms with Gasteiger partial charge in [-0.2, -0.15) is 0 Å². The highest BCUT2D eigenvalue weighted by Gasteiger charge is 1.98. The van der Waals surface area contributed by atoms with E-state index in [9.17, 15) is 4.39 Å². The Balaban J connectivity index is 2.39. The Bertz CT molecular complexity index is 374. The average Bonchev–Trinajstić information content (AvgIpc) is 2.20. The molecule has 0 aliphatic carbocycles. The fourth-order valence-corrected chi connectivity index (χ4v) is 1.40. The molecule has 0 saturated carbocycles. The second kappa shape index (κ2) is 6.21. The largest absolute Gasteiger partial charge is 0.306 e. The van der Waals surface area contributed by atoms with Crippen molar-refractivity contribution in [1.29, 1.82) is 0 Å². The van der Waals surface area contributed by atoms with Gasteiger partial charge in [0.05, 0.1) is 6.54 Å². The van der Waals surface area contributed by atoms with Crippen molar-refractivity contribution >= 4 is 0 Å². The van der Waals surface area contributed by atoms with Gasteiger partial charge in [0.1, 0.15) is 5.82 Å². The van der Waals surface area contributed by atoms with Crippen LogP contribution in [0.3, 0.4) is 0 Å². The first-order valence-corrected chi connectivity index (χ1v) is 5.09. The molecule has 0 amide bonds. The molecule has 80 valence electrons. The summed E-state index contributed by atoms with van der Waals surface area (Å²) in [6, 6.07) is 4.92. The molecule has 0 bridgehead atoms. The number of rotatable bonds is 4. The van der Waals surface area contributed by atoms with Gasteiger partial charge >= 0.3 is 0 Å². The summed E-state index contributed by atoms with van der Waals surface area (Å²) in [5.41, 5.74) is 2.20. The molecule has 1 aromatic rings. The summed E-state index contributed by atoms with van der Waals surface area (Å²) in [6.07, 6.45) is 0.914. The number of aryl methyl sites for hydroxylation is 1. The maximum Gasteiger partial charge on any atom is 0.123 e. The summed E-state index contributed by atoms with van der Waals surface area (Å²) in [7, 11) is 0. The molecule has 0 aliphatic heterocycles. The van der Waals surface area contributed by atoms with E-state index >= 15 is 0 Å². The van der Waals surface area contributed by atoms with E-state index in [0.29, 0.717) is 0 Å². The lowest BCUT2D eigenvalue weighted by molar-refractivity contribution is 0.625. The predicted octanol–water partition coefficient (Wildman–Crippen LogP) is 2.29. The van der Waals surface area contributed by atoms with E-state index in [4.69, 9.17) is 0 Å². The third-order valence-electron chi connectivity index (χ3n) is 2.27. The Morgan fingerprint density at radius 3 is 2.87 bits per heavy atom. The van der Waals surface area contributed by atoms with Crippen LogP contribution >= 0.6 is 0 Å². The molecule has 1 nitrogen and oxygen atoms in total. The summed E-state index contributed by atoms with van der Waals surface area (Å²) >= 11 is 0. The summed E-state index contributed by atoms with van der Waals surface area (Å²) in [5.74, 6) is 5.59. The molecular weight excluding hydrogens is 189 g/mol. The number of hydrogen-bond acceptors (Lipinski definition) is 1. The monoisotopic (exact) mass is 205 g/mol. The summed E-state index contributed by atoms with van der Waals surface area (Å²) in [5, 5.41) is 3.21. The number of benzene rings is 1. The first-order valence-electron chi connectivity index (χ1n) is 5.09. The van der Waals surface area contributed by atoms with E-state index in [1.165, 1.54) is 11.6 Å². The SMILES string of the molecule is CC#CCNCCc1ccc(F)cc1C. The maximum atomic E-state index is 12.8. The predicted molar refractivity (Wildman–Crippen MR) is 61.2 cm³/mol. The Labute approximate surface area is 90.7 Å². The fourth-order valence-electron chi connectivity index (χ4n) is 1.40. The molecule has 15 heavy (non-hydrogen) atoms. The Hall–Kier alpha value is -1.33. The highest BCUT2D eigenvalue weighted by Crippen LogP contribution is 2.10. The molecule has 0 heterocycles. The van der Waals surface area contributed by atoms with Gasteiger partial charge in [-0.05, 0) is 43.5 Å². The van der Waals surface area contributed by atoms with Crippen LogP contribution in [0.2, 0.25) is 0 Å². The van der Waals surface area contributed by atoms with Crippen LogP contribution in [0.4, 0.5) is 4.39 Å². The van der Waals surface area contributed by atoms with Gasteiger partial charge in [0, 0.05) is 6.54 Å². The standard InChI is InChI=1S/C13H16FN/c1-3-4-8-15-9-7-12-5-6-13(14)10-11(12)2/h5-6,10,15H,7-9H2,1-2H3. The van der Waals surface area contributed by atoms with Crippen LogP contribution in [0.1, 0.15) is 18.1 Å². The zero-order valence-electron chi connectivity index (χ0n) is 9.23. The maximum absolute atomic E-state index is 12.8. The normalized spacial score (nSPS) is 9.53. The lowest BCUT2D eigenvalue weighted by Crippen LogP contribution is -2.17. The van der Waals surface area contributed by atoms with E-state index in [-0.39, 0.29) is 5.82 Å². The number of nitrogens with one attached hydrogen (secondary N) is 1. The van der Waals surface area contributed by atoms with Crippen LogP contribution in [0.25, 0.3) is 0 Å². The molecule has 0 aliphatic rings. The smallest absolute Gasteiger partial charge is 0.123 e. The van der Waals surface area contributed by atoms with Crippen LogP contribution in [0.15, 0.2) is 18.2 Å². The molecular formula is C13H16FN. The third-order valence-corrected chi connectivity index (χ3v) is 2.27. The highest BCUT2D eigenvalue weighted by atomic mass is 19.1. The van der Waals surface area contributed by atoms with Crippen molar-refractivity contribution in [3.63, 3.8) is 0 Å². The minimum absolute atomic E-state index is 0.166. The molecule has 2 heteroatoms. The summed E-state index contributed by atoms with van der Waals surface area (Å²) < 4.78 is 12.8. The summed E-state index contributed by atoms with van der Waals surface area (Å²) in [6.45, 7) is 5.36. The van der Waals surface area contributed by atoms with Gasteiger partial charge in [-0.3, -0.25) is 0 Å². The van der Waals surface area contributed by atoms with Crippen LogP contribution in [-0.2, 0) is 6.42 Å². The summed E-state index contributed by atoms with van der Waals surface area (Å²) in [4.78, 5) is 0. The van der Waals surface area contributed by atoms with Crippen molar-refractivity contribution in [3.8, 4) is 11.8 Å². The molecule has 0 atom stereocenters. The van der Waals surface area contributed by atoms with Crippen molar-refractivity contribution in [2.24, 2.45) is 0 Å². The Kier molecular flexibility index (Phi) is 4.86. The third kappa shape index (κ3) is 4.14. The van der Waals surface area contributed by atoms with E-state index in [1.54, 1.807) is 6.07 Å². The van der Waals surface area contributed by atoms with E-state index in [2.05, 4.69) is 17.2 Å². The fraction of sp³-hybridized carbons (Fsp3) is 0.385. The number of halogens is 1. The van der Waals surface area contributed by atoms with Gasteiger partial charge in [0.15, 0.2) is 0 Å². The Morgan fingerprint density at radius 2 is 2.20 bits per heavy atom. The van der Waals surface area contributed by atoms with Crippen LogP contribution in [0, 0.1) is 24.6 Å². The van der Waals surface area contributed by atoms with Crippen molar-refractivity contribution in [3.05, 3.63) is 35.1 Å². The van der Waals surface area contributed by atoms with Crippen LogP contribution in [0.5, 0.6) is 0 Å². The molecule has 1 N–H and O–H groups in total. The molecule has 1 aromatic carbocycles. The van der Waals surface area contributed by atoms with Crippen molar-refractivity contribution in [2.75, 3.05) is 13.1 Å². The van der Waals surface area contributed by atoms with Gasteiger partial charge in [0.2, 0.25) is 0 Å². The molecule has 0 spiro atoms. The van der Waals surface area contributed by atoms with Gasteiger partial charge < -0.3 is 5.32 Å². The van der Waals surface area contributed by atoms with E-state index in [0.717, 1.165) is 25.1 Å². The first-order chi connectivity index (χ1) is 7.24. The molecule has 0 saturated heterocycles. The van der Waals surface area contributed by atoms with E-state index in [1.807, 2.05) is 19.9 Å². The average molecular weight is 205 g/mol. The van der Waals surface area contributed by atoms with Crippen molar-refractivity contribution < 1.29 is 4.39 Å². The van der Waals surface area contributed by atoms with Crippen LogP contribution < -0.4 is 5.32 Å². The minimum Gasteiger partial charge on any atom is -0.306 e. The molecule has 1 rings (SSSR count). The van der Waals surface area contributed by atoms with Gasteiger partial charge in [-0.25, -0.2) is 4.39 Å². The Morgan fingerprint density at radius 1 is 1.40 bits per heavy atom. The topological polar surface area (TPSA) is 12.0 Å². The second-order valence-corrected chi connectivity index (χ2v) is 3.42. The van der Waals surface area contributed by atoms with Gasteiger partial charge in [-0.1, -0.05) is 12.0 Å². The zero-order chi connectivity index (χ0) is 11.1. The first kappa shape index (κ1) is 11.7. The van der Waals surface area contributed by atoms with Crippen LogP contribution in [-0.4, -0.2) is 13.1 Å². The lowest BCUT2D eigenvalue weighted by atomic mass is 10.1. The lowest BCUT2D eigenvalue weighted by Gasteiger charge is -2.05. The minimum atomic E-state index is -0.166. The molecule has 0 radical (unpaired) electrons. The second-order valence-electron chi connectivity index (χ2n) is 3.42. The molecule has 0 fully saturated rings. The van der Waals surface area contributed by atoms with Gasteiger partial charge in [0.25, 0.3) is 0 Å². The molecule has 0 aromatic heterocycles. The zero-order valence-corrected chi connectivity index (χ0v) is 9.23. The molecule has 0 unspecified atom stereocenters. The highest BCUT2D eigenvalue weighted by molar-refractivity contribution is 5.26. The van der Waals surface area contributed by atoms with Crippen molar-refractivity contribution in [2.45, 2.75) is 20.3 Å². The number of hydrogen-bond donors (Lipinski definition) is 1.